The summed E-state index contributed by atoms with van der Waals surface area (Å²) in [6.45, 7) is 12.9. The smallest absolute Gasteiger partial charge is 0.187 e. The van der Waals surface area contributed by atoms with Gasteiger partial charge in [0.25, 0.3) is 0 Å². The molecule has 0 spiro atoms. The number of hydrogen-bond acceptors (Lipinski definition) is 28. The Morgan fingerprint density at radius 3 is 1.72 bits per heavy atom. The molecule has 34 atom stereocenters. The average Bonchev–Trinajstić information content (AvgIpc) is 1.66. The van der Waals surface area contributed by atoms with E-state index in [1.807, 2.05) is 0 Å². The fraction of sp³-hybridized carbons (Fsp3) is 0.967. The fourth-order valence-electron chi connectivity index (χ4n) is 17.3. The van der Waals surface area contributed by atoms with Gasteiger partial charge in [0, 0.05) is 23.9 Å². The molecule has 5 heterocycles. The van der Waals surface area contributed by atoms with Crippen molar-refractivity contribution in [1.29, 1.82) is 0 Å². The third-order valence-electron chi connectivity index (χ3n) is 23.0. The number of fused-ring (bicyclic) bond motifs is 5. The molecule has 3 unspecified atom stereocenters. The Morgan fingerprint density at radius 1 is 0.573 bits per heavy atom. The van der Waals surface area contributed by atoms with Crippen LogP contribution in [0.15, 0.2) is 11.6 Å². The van der Waals surface area contributed by atoms with Crippen LogP contribution in [0.1, 0.15) is 120 Å². The topological polar surface area (TPSA) is 456 Å². The number of rotatable bonds is 21. The van der Waals surface area contributed by atoms with Crippen LogP contribution < -0.4 is 0 Å². The number of aliphatic hydroxyl groups is 18. The molecule has 5 saturated heterocycles. The predicted molar refractivity (Wildman–Crippen MR) is 303 cm³/mol. The molecule has 0 bridgehead atoms. The van der Waals surface area contributed by atoms with Crippen LogP contribution in [0.25, 0.3) is 0 Å². The van der Waals surface area contributed by atoms with Crippen molar-refractivity contribution in [1.82, 2.24) is 0 Å². The molecule has 4 aliphatic carbocycles. The largest absolute Gasteiger partial charge is 0.396 e. The van der Waals surface area contributed by atoms with E-state index in [1.54, 1.807) is 0 Å². The molecule has 0 amide bonds. The molecule has 8 fully saturated rings. The number of aliphatic hydroxyl groups excluding tert-OH is 17. The average molecular weight is 1290 g/mol. The van der Waals surface area contributed by atoms with Gasteiger partial charge < -0.3 is 139 Å². The van der Waals surface area contributed by atoms with Crippen LogP contribution in [0.4, 0.5) is 0 Å². The van der Waals surface area contributed by atoms with Gasteiger partial charge in [0.05, 0.1) is 68.7 Å². The Morgan fingerprint density at radius 2 is 1.12 bits per heavy atom. The maximum Gasteiger partial charge on any atom is 0.187 e. The molecule has 28 heteroatoms. The van der Waals surface area contributed by atoms with Crippen molar-refractivity contribution < 1.29 is 139 Å². The second kappa shape index (κ2) is 28.0. The highest BCUT2D eigenvalue weighted by Gasteiger charge is 2.70. The van der Waals surface area contributed by atoms with Crippen LogP contribution in [0.3, 0.4) is 0 Å². The Bertz CT molecular complexity index is 2330. The summed E-state index contributed by atoms with van der Waals surface area (Å²) in [4.78, 5) is 0. The molecular formula is C61H104O28. The van der Waals surface area contributed by atoms with Gasteiger partial charge in [0.1, 0.15) is 97.7 Å². The first-order valence-corrected chi connectivity index (χ1v) is 32.0. The fourth-order valence-corrected chi connectivity index (χ4v) is 17.3. The van der Waals surface area contributed by atoms with Gasteiger partial charge in [0.15, 0.2) is 31.5 Å². The lowest BCUT2D eigenvalue weighted by atomic mass is 9.38. The maximum absolute atomic E-state index is 12.8. The van der Waals surface area contributed by atoms with Crippen LogP contribution in [0.2, 0.25) is 0 Å². The molecule has 28 nitrogen and oxygen atoms in total. The third kappa shape index (κ3) is 13.3. The number of allylic oxidation sites excluding steroid dienone is 1. The molecule has 9 rings (SSSR count). The summed E-state index contributed by atoms with van der Waals surface area (Å²) in [5.74, 6) is 0.0598. The monoisotopic (exact) mass is 1280 g/mol. The Kier molecular flexibility index (Phi) is 22.6. The summed E-state index contributed by atoms with van der Waals surface area (Å²) in [5, 5.41) is 196. The molecule has 0 aromatic carbocycles. The molecule has 3 saturated carbocycles. The zero-order valence-corrected chi connectivity index (χ0v) is 52.2. The van der Waals surface area contributed by atoms with Crippen molar-refractivity contribution in [3.63, 3.8) is 0 Å². The highest BCUT2D eigenvalue weighted by atomic mass is 16.8. The quantitative estimate of drug-likeness (QED) is 0.0487. The van der Waals surface area contributed by atoms with Crippen molar-refractivity contribution in [2.45, 2.75) is 291 Å². The van der Waals surface area contributed by atoms with Crippen LogP contribution >= 0.6 is 0 Å². The van der Waals surface area contributed by atoms with E-state index in [2.05, 4.69) is 47.6 Å². The summed E-state index contributed by atoms with van der Waals surface area (Å²) >= 11 is 0. The number of hydrogen-bond donors (Lipinski definition) is 18. The van der Waals surface area contributed by atoms with Crippen molar-refractivity contribution in [2.24, 2.45) is 45.3 Å². The first-order chi connectivity index (χ1) is 41.7. The van der Waals surface area contributed by atoms with Gasteiger partial charge in [-0.1, -0.05) is 53.2 Å². The minimum absolute atomic E-state index is 0.0173. The van der Waals surface area contributed by atoms with E-state index in [1.165, 1.54) is 13.8 Å². The lowest BCUT2D eigenvalue weighted by Gasteiger charge is -2.67. The standard InChI is InChI=1S/C61H104O28/c1-25(27-15-17-59(6)35-12-10-28-29(61(35,8)36(67)20-60(27,59)7)11-14-37(57(28,2)3)86-54-47(76)43(72)40(69)31(82-54)16-18-62)9-13-38(58(4,5)79)87-56-51(89-53-39(68)30(66)19-26(21-63)81-53)49(78)50(88-55-48(77)45(74)42(71)33(23-65)84-55)34(85-56)24-80-52-46(75)44(73)41(70)32(22-64)83-52/h10,25-27,29-56,62-79H,9,11-24H2,1-8H3/t25-,26+,27?,29?,30+,31-,32-,33-,34-,35?,36-,37+,38-,39-,40-,41-,42-,43+,44+,45+,46-,47-,48-,49+,50-,51-,52+,53+,54+,55-,56+,59+,60-,61+/m1/s1. The van der Waals surface area contributed by atoms with E-state index in [0.29, 0.717) is 32.1 Å². The van der Waals surface area contributed by atoms with Crippen molar-refractivity contribution in [2.75, 3.05) is 33.0 Å². The van der Waals surface area contributed by atoms with Gasteiger partial charge in [0.2, 0.25) is 0 Å². The Labute approximate surface area is 518 Å². The van der Waals surface area contributed by atoms with Crippen molar-refractivity contribution in [3.05, 3.63) is 11.6 Å². The maximum atomic E-state index is 12.8. The van der Waals surface area contributed by atoms with Gasteiger partial charge in [-0.15, -0.1) is 0 Å². The molecule has 5 aliphatic heterocycles. The second-order valence-electron chi connectivity index (χ2n) is 28.9. The van der Waals surface area contributed by atoms with Gasteiger partial charge in [-0.25, -0.2) is 0 Å². The van der Waals surface area contributed by atoms with Gasteiger partial charge in [-0.3, -0.25) is 0 Å². The van der Waals surface area contributed by atoms with Gasteiger partial charge in [-0.05, 0) is 106 Å². The summed E-state index contributed by atoms with van der Waals surface area (Å²) in [6, 6.07) is 0. The van der Waals surface area contributed by atoms with Crippen LogP contribution in [-0.2, 0) is 47.4 Å². The van der Waals surface area contributed by atoms with Crippen LogP contribution in [0.5, 0.6) is 0 Å². The second-order valence-corrected chi connectivity index (χ2v) is 28.9. The molecule has 0 aromatic heterocycles. The summed E-state index contributed by atoms with van der Waals surface area (Å²) < 4.78 is 61.2. The lowest BCUT2D eigenvalue weighted by Crippen LogP contribution is -2.67. The Balaban J connectivity index is 0.958. The number of ether oxygens (including phenoxy) is 10. The summed E-state index contributed by atoms with van der Waals surface area (Å²) in [5.41, 5.74) is -2.29. The minimum atomic E-state index is -2.05. The highest BCUT2D eigenvalue weighted by molar-refractivity contribution is 5.32. The van der Waals surface area contributed by atoms with Crippen molar-refractivity contribution in [3.8, 4) is 0 Å². The van der Waals surface area contributed by atoms with Gasteiger partial charge >= 0.3 is 0 Å². The molecule has 0 aromatic rings. The predicted octanol–water partition coefficient (Wildman–Crippen LogP) is -3.99. The first kappa shape index (κ1) is 71.9. The van der Waals surface area contributed by atoms with Crippen LogP contribution in [0, 0.1) is 45.3 Å². The zero-order chi connectivity index (χ0) is 65.4. The van der Waals surface area contributed by atoms with Crippen molar-refractivity contribution >= 4 is 0 Å². The Hall–Kier alpha value is -1.38. The van der Waals surface area contributed by atoms with Gasteiger partial charge in [-0.2, -0.15) is 0 Å². The molecule has 0 radical (unpaired) electrons. The molecule has 89 heavy (non-hydrogen) atoms. The first-order valence-electron chi connectivity index (χ1n) is 32.0. The van der Waals surface area contributed by atoms with E-state index < -0.39 is 209 Å². The molecule has 9 aliphatic rings. The SMILES string of the molecule is C[C@H](CC[C@@H](O[C@@H]1O[C@H](CO[C@H]2O[C@H](CO)[C@@H](O)[C@H](O)[C@H]2O)[C@@H](O[C@H]2O[C@H](CO)[C@@H](O)[C@H](O)[C@H]2O)[C@H](O)[C@H]1O[C@@H]1O[C@H](CO)C[C@H](O)[C@H]1O)C(C)(C)O)C1CC[C@@]2(C)C3CC=C4C(CC[C@H](O[C@@H]5O[C@H](CCO)[C@@H](O)[C@H](O)[C@H]5O)C4(C)C)[C@]3(C)[C@H](O)C[C@]12C. The molecule has 516 valence electrons. The summed E-state index contributed by atoms with van der Waals surface area (Å²) in [7, 11) is 0. The van der Waals surface area contributed by atoms with E-state index in [4.69, 9.17) is 47.4 Å². The zero-order valence-electron chi connectivity index (χ0n) is 52.2. The van der Waals surface area contributed by atoms with E-state index in [9.17, 15) is 91.9 Å². The third-order valence-corrected chi connectivity index (χ3v) is 23.0. The van der Waals surface area contributed by atoms with E-state index in [-0.39, 0.29) is 60.4 Å². The van der Waals surface area contributed by atoms with Crippen LogP contribution in [-0.4, -0.2) is 296 Å². The molecular weight excluding hydrogens is 1180 g/mol. The normalized spacial score (nSPS) is 50.9. The van der Waals surface area contributed by atoms with E-state index in [0.717, 1.165) is 18.4 Å². The van der Waals surface area contributed by atoms with E-state index >= 15 is 0 Å². The minimum Gasteiger partial charge on any atom is -0.396 e. The molecule has 18 N–H and O–H groups in total. The highest BCUT2D eigenvalue weighted by Crippen LogP contribution is 2.75. The lowest BCUT2D eigenvalue weighted by molar-refractivity contribution is -0.394. The summed E-state index contributed by atoms with van der Waals surface area (Å²) in [6.07, 6.45) is -35.3.